The molecule has 0 fully saturated rings. The second-order valence-corrected chi connectivity index (χ2v) is 7.01. The van der Waals surface area contributed by atoms with Crippen LogP contribution < -0.4 is 0 Å². The van der Waals surface area contributed by atoms with Crippen molar-refractivity contribution < 1.29 is 0 Å². The third kappa shape index (κ3) is 2.69. The van der Waals surface area contributed by atoms with Crippen LogP contribution in [0.25, 0.3) is 33.1 Å². The molecule has 0 bridgehead atoms. The number of allylic oxidation sites excluding steroid dienone is 2. The lowest BCUT2D eigenvalue weighted by Crippen LogP contribution is -2.04. The highest BCUT2D eigenvalue weighted by molar-refractivity contribution is 5.93. The molecular weight excluding hydrogens is 332 g/mol. The smallest absolute Gasteiger partial charge is 0.0815 e. The molecule has 1 atom stereocenters. The normalized spacial score (nSPS) is 17.0. The number of rotatable bonds is 2. The van der Waals surface area contributed by atoms with Crippen molar-refractivity contribution in [2.75, 3.05) is 0 Å². The van der Waals surface area contributed by atoms with E-state index in [0.717, 1.165) is 46.8 Å². The third-order valence-electron chi connectivity index (χ3n) is 5.40. The molecule has 4 nitrogen and oxygen atoms in total. The minimum Gasteiger partial charge on any atom is -0.256 e. The van der Waals surface area contributed by atoms with Gasteiger partial charge in [0.05, 0.1) is 29.2 Å². The predicted octanol–water partition coefficient (Wildman–Crippen LogP) is 5.26. The Morgan fingerprint density at radius 3 is 2.93 bits per heavy atom. The van der Waals surface area contributed by atoms with Gasteiger partial charge in [-0.3, -0.25) is 4.98 Å². The summed E-state index contributed by atoms with van der Waals surface area (Å²) in [7, 11) is 0. The summed E-state index contributed by atoms with van der Waals surface area (Å²) in [5.74, 6) is 0.143. The lowest BCUT2D eigenvalue weighted by molar-refractivity contribution is 0.604. The summed E-state index contributed by atoms with van der Waals surface area (Å²) < 4.78 is 1.95. The van der Waals surface area contributed by atoms with Crippen molar-refractivity contribution in [3.8, 4) is 17.2 Å². The Bertz CT molecular complexity index is 1230. The number of fused-ring (bicyclic) bond motifs is 2. The molecule has 27 heavy (non-hydrogen) atoms. The largest absolute Gasteiger partial charge is 0.256 e. The van der Waals surface area contributed by atoms with E-state index in [0.29, 0.717) is 0 Å². The highest BCUT2D eigenvalue weighted by Crippen LogP contribution is 2.36. The Morgan fingerprint density at radius 2 is 2.07 bits per heavy atom. The molecule has 0 radical (unpaired) electrons. The van der Waals surface area contributed by atoms with Gasteiger partial charge < -0.3 is 0 Å². The van der Waals surface area contributed by atoms with Crippen molar-refractivity contribution in [1.82, 2.24) is 14.6 Å². The summed E-state index contributed by atoms with van der Waals surface area (Å²) in [6.07, 6.45) is 10.7. The van der Waals surface area contributed by atoms with E-state index in [-0.39, 0.29) is 5.92 Å². The summed E-state index contributed by atoms with van der Waals surface area (Å²) in [5.41, 5.74) is 6.86. The van der Waals surface area contributed by atoms with E-state index in [1.165, 1.54) is 11.1 Å². The first-order chi connectivity index (χ1) is 13.3. The van der Waals surface area contributed by atoms with Crippen LogP contribution >= 0.6 is 0 Å². The monoisotopic (exact) mass is 350 g/mol. The van der Waals surface area contributed by atoms with E-state index in [4.69, 9.17) is 5.26 Å². The number of hydrogen-bond acceptors (Lipinski definition) is 3. The van der Waals surface area contributed by atoms with Crippen LogP contribution in [0.1, 0.15) is 24.8 Å². The van der Waals surface area contributed by atoms with Crippen molar-refractivity contribution in [2.45, 2.75) is 19.3 Å². The molecule has 3 aromatic heterocycles. The summed E-state index contributed by atoms with van der Waals surface area (Å²) in [5, 5.41) is 14.9. The lowest BCUT2D eigenvalue weighted by atomic mass is 9.86. The average molecular weight is 350 g/mol. The molecule has 130 valence electrons. The summed E-state index contributed by atoms with van der Waals surface area (Å²) in [6, 6.07) is 17.0. The average Bonchev–Trinajstić information content (AvgIpc) is 3.18. The van der Waals surface area contributed by atoms with E-state index in [9.17, 15) is 0 Å². The van der Waals surface area contributed by atoms with Gasteiger partial charge in [-0.15, -0.1) is 0 Å². The molecule has 0 amide bonds. The van der Waals surface area contributed by atoms with Gasteiger partial charge >= 0.3 is 0 Å². The molecule has 1 unspecified atom stereocenters. The molecule has 0 saturated heterocycles. The Morgan fingerprint density at radius 1 is 1.11 bits per heavy atom. The maximum absolute atomic E-state index is 9.17. The topological polar surface area (TPSA) is 54.0 Å². The number of hydrogen-bond donors (Lipinski definition) is 0. The van der Waals surface area contributed by atoms with E-state index < -0.39 is 0 Å². The molecule has 4 heteroatoms. The molecule has 1 aliphatic carbocycles. The van der Waals surface area contributed by atoms with Crippen LogP contribution in [-0.4, -0.2) is 14.6 Å². The van der Waals surface area contributed by atoms with Gasteiger partial charge in [-0.2, -0.15) is 10.4 Å². The van der Waals surface area contributed by atoms with Crippen LogP contribution in [0, 0.1) is 17.2 Å². The van der Waals surface area contributed by atoms with Gasteiger partial charge in [0.2, 0.25) is 0 Å². The summed E-state index contributed by atoms with van der Waals surface area (Å²) in [4.78, 5) is 4.49. The maximum Gasteiger partial charge on any atom is 0.0815 e. The van der Waals surface area contributed by atoms with Gasteiger partial charge in [-0.1, -0.05) is 30.3 Å². The van der Waals surface area contributed by atoms with Crippen LogP contribution in [0.5, 0.6) is 0 Å². The third-order valence-corrected chi connectivity index (χ3v) is 5.40. The van der Waals surface area contributed by atoms with Gasteiger partial charge in [-0.25, -0.2) is 4.52 Å². The zero-order valence-electron chi connectivity index (χ0n) is 14.8. The minimum atomic E-state index is 0.143. The highest BCUT2D eigenvalue weighted by atomic mass is 15.2. The quantitative estimate of drug-likeness (QED) is 0.496. The molecule has 0 N–H and O–H groups in total. The number of nitriles is 1. The second-order valence-electron chi connectivity index (χ2n) is 7.01. The first kappa shape index (κ1) is 15.8. The van der Waals surface area contributed by atoms with E-state index in [2.05, 4.69) is 52.6 Å². The fraction of sp³-hybridized carbons (Fsp3) is 0.174. The Hall–Kier alpha value is -3.45. The number of nitrogens with zero attached hydrogens (tertiary/aromatic N) is 4. The van der Waals surface area contributed by atoms with Gasteiger partial charge in [-0.05, 0) is 48.6 Å². The SMILES string of the molecule is N#CC1CC=C(c2cccn3ncc(-c4ccc5cccnc5c4)c23)CC1. The van der Waals surface area contributed by atoms with Gasteiger partial charge in [0.25, 0.3) is 0 Å². The van der Waals surface area contributed by atoms with Crippen LogP contribution in [0.15, 0.2) is 67.1 Å². The van der Waals surface area contributed by atoms with E-state index in [1.54, 1.807) is 0 Å². The highest BCUT2D eigenvalue weighted by Gasteiger charge is 2.19. The lowest BCUT2D eigenvalue weighted by Gasteiger charge is -2.18. The fourth-order valence-electron chi connectivity index (χ4n) is 3.94. The maximum atomic E-state index is 9.17. The van der Waals surface area contributed by atoms with Crippen molar-refractivity contribution in [2.24, 2.45) is 5.92 Å². The van der Waals surface area contributed by atoms with Crippen molar-refractivity contribution in [3.05, 3.63) is 72.7 Å². The second kappa shape index (κ2) is 6.37. The minimum absolute atomic E-state index is 0.143. The number of aromatic nitrogens is 3. The van der Waals surface area contributed by atoms with E-state index in [1.807, 2.05) is 35.2 Å². The van der Waals surface area contributed by atoms with Gasteiger partial charge in [0.15, 0.2) is 0 Å². The predicted molar refractivity (Wildman–Crippen MR) is 107 cm³/mol. The molecule has 0 spiro atoms. The standard InChI is InChI=1S/C23H18N4/c24-14-16-5-7-17(8-6-16)20-4-2-12-27-23(20)21(15-26-27)19-10-9-18-3-1-11-25-22(18)13-19/h1-4,7,9-13,15-16H,5-6,8H2. The molecular formula is C23H18N4. The molecule has 0 saturated carbocycles. The Balaban J connectivity index is 1.67. The van der Waals surface area contributed by atoms with Gasteiger partial charge in [0, 0.05) is 28.9 Å². The Kier molecular flexibility index (Phi) is 3.72. The van der Waals surface area contributed by atoms with E-state index >= 15 is 0 Å². The summed E-state index contributed by atoms with van der Waals surface area (Å²) in [6.45, 7) is 0. The summed E-state index contributed by atoms with van der Waals surface area (Å²) >= 11 is 0. The first-order valence-corrected chi connectivity index (χ1v) is 9.24. The van der Waals surface area contributed by atoms with Crippen LogP contribution in [0.3, 0.4) is 0 Å². The molecule has 3 heterocycles. The molecule has 1 aliphatic rings. The van der Waals surface area contributed by atoms with Crippen LogP contribution in [0.4, 0.5) is 0 Å². The molecule has 4 aromatic rings. The zero-order valence-corrected chi connectivity index (χ0v) is 14.8. The van der Waals surface area contributed by atoms with Crippen molar-refractivity contribution >= 4 is 22.0 Å². The Labute approximate surface area is 157 Å². The van der Waals surface area contributed by atoms with Crippen LogP contribution in [-0.2, 0) is 0 Å². The molecule has 1 aromatic carbocycles. The zero-order chi connectivity index (χ0) is 18.2. The van der Waals surface area contributed by atoms with Gasteiger partial charge in [0.1, 0.15) is 0 Å². The van der Waals surface area contributed by atoms with Crippen molar-refractivity contribution in [1.29, 1.82) is 5.26 Å². The van der Waals surface area contributed by atoms with Crippen molar-refractivity contribution in [3.63, 3.8) is 0 Å². The number of benzene rings is 1. The molecule has 5 rings (SSSR count). The fourth-order valence-corrected chi connectivity index (χ4v) is 3.94. The van der Waals surface area contributed by atoms with Crippen LogP contribution in [0.2, 0.25) is 0 Å². The number of pyridine rings is 2. The molecule has 0 aliphatic heterocycles. The first-order valence-electron chi connectivity index (χ1n) is 9.24.